The van der Waals surface area contributed by atoms with E-state index in [9.17, 15) is 13.2 Å². The zero-order valence-electron chi connectivity index (χ0n) is 23.6. The fourth-order valence-corrected chi connectivity index (χ4v) is 6.70. The van der Waals surface area contributed by atoms with E-state index in [-0.39, 0.29) is 54.0 Å². The van der Waals surface area contributed by atoms with Gasteiger partial charge in [-0.2, -0.15) is 8.42 Å². The van der Waals surface area contributed by atoms with Crippen molar-refractivity contribution in [3.8, 4) is 11.5 Å². The van der Waals surface area contributed by atoms with Crippen LogP contribution >= 0.6 is 0 Å². The highest BCUT2D eigenvalue weighted by Gasteiger charge is 2.48. The van der Waals surface area contributed by atoms with Crippen molar-refractivity contribution in [3.05, 3.63) is 89.2 Å². The number of quaternary nitrogens is 1. The van der Waals surface area contributed by atoms with Crippen LogP contribution in [0.2, 0.25) is 0 Å². The summed E-state index contributed by atoms with van der Waals surface area (Å²) in [6.45, 7) is 2.36. The normalized spacial score (nSPS) is 15.4. The molecule has 1 atom stereocenters. The maximum absolute atomic E-state index is 16.2. The lowest BCUT2D eigenvalue weighted by Crippen LogP contribution is -2.57. The van der Waals surface area contributed by atoms with Crippen molar-refractivity contribution in [2.75, 3.05) is 26.8 Å². The number of nitrogens with two attached hydrogens (primary N) is 1. The maximum atomic E-state index is 16.2. The van der Waals surface area contributed by atoms with Gasteiger partial charge in [-0.05, 0) is 41.2 Å². The molecule has 1 fully saturated rings. The van der Waals surface area contributed by atoms with Crippen molar-refractivity contribution in [1.82, 2.24) is 5.32 Å². The first-order valence-corrected chi connectivity index (χ1v) is 15.1. The Balaban J connectivity index is 1.67. The van der Waals surface area contributed by atoms with Crippen LogP contribution in [0.25, 0.3) is 0 Å². The Labute approximate surface area is 245 Å². The fraction of sp³-hybridized carbons (Fsp3) is 0.333. The molecule has 4 N–H and O–H groups in total. The molecule has 1 saturated heterocycles. The number of piperidine rings is 1. The molecule has 0 aromatic heterocycles. The number of benzene rings is 3. The molecule has 0 spiro atoms. The second-order valence-electron chi connectivity index (χ2n) is 9.90. The molecule has 1 amide bonds. The van der Waals surface area contributed by atoms with Gasteiger partial charge in [-0.15, -0.1) is 0 Å². The van der Waals surface area contributed by atoms with Gasteiger partial charge in [0.2, 0.25) is 5.75 Å². The number of nitrogen functional groups attached to an aromatic ring is 1. The molecular weight excluding hydrogens is 563 g/mol. The molecule has 0 saturated carbocycles. The number of rotatable bonds is 12. The highest BCUT2D eigenvalue weighted by atomic mass is 32.2. The van der Waals surface area contributed by atoms with Crippen molar-refractivity contribution in [2.45, 2.75) is 43.7 Å². The summed E-state index contributed by atoms with van der Waals surface area (Å²) >= 11 is 0. The molecule has 0 bridgehead atoms. The Bertz CT molecular complexity index is 1510. The lowest BCUT2D eigenvalue weighted by molar-refractivity contribution is -0.979. The molecule has 0 radical (unpaired) electrons. The summed E-state index contributed by atoms with van der Waals surface area (Å²) in [5.74, 6) is -1.77. The second-order valence-corrected chi connectivity index (χ2v) is 12.0. The topological polar surface area (TPSA) is 141 Å². The minimum atomic E-state index is -4.09. The number of nitrogens with zero attached hydrogens (tertiary/aromatic N) is 1. The van der Waals surface area contributed by atoms with Gasteiger partial charge in [0.15, 0.2) is 11.9 Å². The molecular formula is C30H36FN4O6S+. The zero-order valence-corrected chi connectivity index (χ0v) is 24.5. The van der Waals surface area contributed by atoms with Gasteiger partial charge in [0.05, 0.1) is 6.61 Å². The van der Waals surface area contributed by atoms with E-state index in [1.807, 2.05) is 0 Å². The highest BCUT2D eigenvalue weighted by Crippen LogP contribution is 2.38. The largest absolute Gasteiger partial charge is 0.494 e. The monoisotopic (exact) mass is 599 g/mol. The van der Waals surface area contributed by atoms with Crippen LogP contribution in [0.1, 0.15) is 49.0 Å². The summed E-state index contributed by atoms with van der Waals surface area (Å²) in [5.41, 5.74) is 6.62. The van der Waals surface area contributed by atoms with E-state index in [1.54, 1.807) is 49.4 Å². The first-order valence-electron chi connectivity index (χ1n) is 13.7. The van der Waals surface area contributed by atoms with Crippen molar-refractivity contribution in [1.29, 1.82) is 5.41 Å². The third-order valence-electron chi connectivity index (χ3n) is 7.08. The number of hydrogen-bond acceptors (Lipinski definition) is 7. The van der Waals surface area contributed by atoms with Crippen LogP contribution in [0.3, 0.4) is 0 Å². The van der Waals surface area contributed by atoms with Crippen molar-refractivity contribution < 1.29 is 36.0 Å². The van der Waals surface area contributed by atoms with Gasteiger partial charge in [-0.25, -0.2) is 4.39 Å². The fourth-order valence-electron chi connectivity index (χ4n) is 4.90. The number of hydrogen-bond donors (Lipinski definition) is 3. The van der Waals surface area contributed by atoms with Crippen LogP contribution in [0.5, 0.6) is 11.5 Å². The predicted octanol–water partition coefficient (Wildman–Crippen LogP) is 4.20. The van der Waals surface area contributed by atoms with Crippen molar-refractivity contribution in [3.63, 3.8) is 0 Å². The molecule has 12 heteroatoms. The van der Waals surface area contributed by atoms with E-state index in [1.165, 1.54) is 31.4 Å². The summed E-state index contributed by atoms with van der Waals surface area (Å²) in [6.07, 6.45) is 0.582. The van der Waals surface area contributed by atoms with E-state index in [0.29, 0.717) is 18.4 Å². The van der Waals surface area contributed by atoms with Crippen LogP contribution in [0, 0.1) is 11.2 Å². The number of halogens is 1. The van der Waals surface area contributed by atoms with Crippen molar-refractivity contribution >= 4 is 21.8 Å². The number of nitrogens with one attached hydrogen (secondary N) is 2. The Morgan fingerprint density at radius 3 is 2.33 bits per heavy atom. The second kappa shape index (κ2) is 13.3. The molecule has 1 unspecified atom stereocenters. The van der Waals surface area contributed by atoms with Gasteiger partial charge in [0.25, 0.3) is 5.91 Å². The Kier molecular flexibility index (Phi) is 9.81. The Morgan fingerprint density at radius 2 is 1.74 bits per heavy atom. The van der Waals surface area contributed by atoms with Crippen LogP contribution in [0.15, 0.2) is 71.6 Å². The lowest BCUT2D eigenvalue weighted by atomic mass is 10.1. The van der Waals surface area contributed by atoms with E-state index < -0.39 is 31.9 Å². The zero-order chi connectivity index (χ0) is 30.3. The van der Waals surface area contributed by atoms with Gasteiger partial charge >= 0.3 is 10.0 Å². The van der Waals surface area contributed by atoms with Crippen molar-refractivity contribution in [2.24, 2.45) is 5.73 Å². The van der Waals surface area contributed by atoms with Gasteiger partial charge < -0.3 is 20.5 Å². The maximum Gasteiger partial charge on any atom is 0.365 e. The average Bonchev–Trinajstić information content (AvgIpc) is 2.99. The number of hydroxylamine groups is 2. The van der Waals surface area contributed by atoms with E-state index in [4.69, 9.17) is 25.5 Å². The minimum Gasteiger partial charge on any atom is -0.494 e. The first kappa shape index (κ1) is 30.9. The van der Waals surface area contributed by atoms with Gasteiger partial charge in [-0.1, -0.05) is 42.5 Å². The molecule has 1 aliphatic heterocycles. The molecule has 4 rings (SSSR count). The molecule has 3 aromatic carbocycles. The van der Waals surface area contributed by atoms with E-state index in [2.05, 4.69) is 5.32 Å². The molecule has 1 heterocycles. The summed E-state index contributed by atoms with van der Waals surface area (Å²) in [4.78, 5) is 19.4. The number of amides is 1. The summed E-state index contributed by atoms with van der Waals surface area (Å²) in [5, 5.41) is 10.2. The van der Waals surface area contributed by atoms with Gasteiger partial charge in [0, 0.05) is 43.7 Å². The standard InChI is InChI=1S/C30H35FN4O6S/c1-3-40-23-18-25(28(39-2)30(36)34-20-21-12-14-22(15-13-21)29(32)33)27(31)26(19-23)41-35(16-8-5-9-17-35)42(37,38)24-10-6-4-7-11-24/h4,6-7,10-15,18-19,28H,3,5,8-9,16-17,20H2,1-2H3,(H3-,32,33,34,36)/p+1. The number of sulfonamides is 1. The Morgan fingerprint density at radius 1 is 1.07 bits per heavy atom. The van der Waals surface area contributed by atoms with Gasteiger partial charge in [-0.3, -0.25) is 15.0 Å². The molecule has 0 aliphatic carbocycles. The summed E-state index contributed by atoms with van der Waals surface area (Å²) in [7, 11) is -2.81. The van der Waals surface area contributed by atoms with Crippen LogP contribution in [0.4, 0.5) is 4.39 Å². The summed E-state index contributed by atoms with van der Waals surface area (Å²) in [6, 6.07) is 17.4. The lowest BCUT2D eigenvalue weighted by Gasteiger charge is -2.36. The van der Waals surface area contributed by atoms with Crippen LogP contribution in [-0.4, -0.2) is 51.0 Å². The number of amidine groups is 1. The Hall–Kier alpha value is -4.00. The molecule has 1 aliphatic rings. The SMILES string of the molecule is CCOc1cc(O[N+]2(S(=O)(=O)c3ccccc3)CCCCC2)c(F)c(C(OC)C(=O)NCc2ccc(C(=N)N)cc2)c1. The van der Waals surface area contributed by atoms with Crippen LogP contribution in [-0.2, 0) is 26.1 Å². The minimum absolute atomic E-state index is 0.0685. The molecule has 42 heavy (non-hydrogen) atoms. The average molecular weight is 600 g/mol. The predicted molar refractivity (Wildman–Crippen MR) is 155 cm³/mol. The van der Waals surface area contributed by atoms with E-state index in [0.717, 1.165) is 12.0 Å². The number of carbonyl (C=O) groups is 1. The third kappa shape index (κ3) is 6.56. The quantitative estimate of drug-likeness (QED) is 0.161. The number of ether oxygens (including phenoxy) is 2. The molecule has 224 valence electrons. The summed E-state index contributed by atoms with van der Waals surface area (Å²) < 4.78 is 54.2. The molecule has 10 nitrogen and oxygen atoms in total. The van der Waals surface area contributed by atoms with E-state index >= 15 is 4.39 Å². The highest BCUT2D eigenvalue weighted by molar-refractivity contribution is 7.85. The van der Waals surface area contributed by atoms with Gasteiger partial charge in [0.1, 0.15) is 29.6 Å². The number of carbonyl (C=O) groups excluding carboxylic acids is 1. The first-order chi connectivity index (χ1) is 20.1. The van der Waals surface area contributed by atoms with Crippen LogP contribution < -0.4 is 20.6 Å². The third-order valence-corrected chi connectivity index (χ3v) is 9.26. The molecule has 3 aromatic rings. The smallest absolute Gasteiger partial charge is 0.365 e. The number of methoxy groups -OCH3 is 1.